The summed E-state index contributed by atoms with van der Waals surface area (Å²) in [5, 5.41) is 12.2. The molecule has 4 nitrogen and oxygen atoms in total. The summed E-state index contributed by atoms with van der Waals surface area (Å²) in [6.07, 6.45) is 0. The van der Waals surface area contributed by atoms with E-state index in [2.05, 4.69) is 11.4 Å². The van der Waals surface area contributed by atoms with Gasteiger partial charge >= 0.3 is 0 Å². The van der Waals surface area contributed by atoms with Crippen molar-refractivity contribution in [2.24, 2.45) is 0 Å². The zero-order valence-electron chi connectivity index (χ0n) is 11.5. The Balaban J connectivity index is 2.36. The minimum absolute atomic E-state index is 0.477. The molecule has 0 aliphatic rings. The van der Waals surface area contributed by atoms with Crippen molar-refractivity contribution in [1.29, 1.82) is 5.26 Å². The molecule has 0 amide bonds. The van der Waals surface area contributed by atoms with Crippen molar-refractivity contribution in [3.05, 3.63) is 53.6 Å². The Morgan fingerprint density at radius 3 is 2.65 bits per heavy atom. The van der Waals surface area contributed by atoms with Crippen LogP contribution in [0.2, 0.25) is 0 Å². The zero-order chi connectivity index (χ0) is 14.4. The maximum absolute atomic E-state index is 9.15. The topological polar surface area (TPSA) is 54.3 Å². The van der Waals surface area contributed by atoms with Gasteiger partial charge in [0, 0.05) is 18.2 Å². The number of nitrogens with zero attached hydrogens (tertiary/aromatic N) is 1. The van der Waals surface area contributed by atoms with Crippen LogP contribution >= 0.6 is 0 Å². The maximum atomic E-state index is 9.15. The van der Waals surface area contributed by atoms with Crippen LogP contribution in [-0.2, 0) is 6.54 Å². The summed E-state index contributed by atoms with van der Waals surface area (Å²) in [6.45, 7) is 0.696. The van der Waals surface area contributed by atoms with Gasteiger partial charge in [-0.05, 0) is 25.2 Å². The van der Waals surface area contributed by atoms with Gasteiger partial charge < -0.3 is 14.8 Å². The average molecular weight is 268 g/mol. The first-order valence-electron chi connectivity index (χ1n) is 6.27. The maximum Gasteiger partial charge on any atom is 0.148 e. The van der Waals surface area contributed by atoms with E-state index >= 15 is 0 Å². The average Bonchev–Trinajstić information content (AvgIpc) is 2.49. The van der Waals surface area contributed by atoms with E-state index in [0.29, 0.717) is 23.6 Å². The van der Waals surface area contributed by atoms with Gasteiger partial charge in [0.2, 0.25) is 0 Å². The number of nitrogens with one attached hydrogen (secondary N) is 1. The Morgan fingerprint density at radius 2 is 1.95 bits per heavy atom. The molecule has 0 heterocycles. The van der Waals surface area contributed by atoms with Crippen LogP contribution in [0, 0.1) is 11.3 Å². The van der Waals surface area contributed by atoms with Crippen molar-refractivity contribution < 1.29 is 9.47 Å². The molecule has 0 unspecified atom stereocenters. The fourth-order valence-corrected chi connectivity index (χ4v) is 1.86. The molecule has 0 aliphatic carbocycles. The second kappa shape index (κ2) is 6.60. The molecule has 1 N–H and O–H groups in total. The van der Waals surface area contributed by atoms with Crippen molar-refractivity contribution in [2.45, 2.75) is 6.54 Å². The number of rotatable bonds is 5. The minimum atomic E-state index is 0.477. The molecule has 0 spiro atoms. The summed E-state index contributed by atoms with van der Waals surface area (Å²) in [7, 11) is 3.46. The SMILES string of the molecule is CNCc1ccccc1Oc1cc(OC)ccc1C#N. The fraction of sp³-hybridized carbons (Fsp3) is 0.188. The number of para-hydroxylation sites is 1. The standard InChI is InChI=1S/C16H16N2O2/c1-18-11-13-5-3-4-6-15(13)20-16-9-14(19-2)8-7-12(16)10-17/h3-9,18H,11H2,1-2H3. The Morgan fingerprint density at radius 1 is 1.15 bits per heavy atom. The van der Waals surface area contributed by atoms with Crippen molar-refractivity contribution in [2.75, 3.05) is 14.2 Å². The first-order chi connectivity index (χ1) is 9.78. The molecular weight excluding hydrogens is 252 g/mol. The highest BCUT2D eigenvalue weighted by Gasteiger charge is 2.09. The molecule has 0 aromatic heterocycles. The molecule has 0 fully saturated rings. The van der Waals surface area contributed by atoms with Gasteiger partial charge in [-0.2, -0.15) is 5.26 Å². The van der Waals surface area contributed by atoms with E-state index in [1.165, 1.54) is 0 Å². The number of hydrogen-bond donors (Lipinski definition) is 1. The van der Waals surface area contributed by atoms with Gasteiger partial charge in [-0.3, -0.25) is 0 Å². The monoisotopic (exact) mass is 268 g/mol. The van der Waals surface area contributed by atoms with Gasteiger partial charge in [-0.15, -0.1) is 0 Å². The van der Waals surface area contributed by atoms with Gasteiger partial charge in [-0.25, -0.2) is 0 Å². The largest absolute Gasteiger partial charge is 0.497 e. The number of hydrogen-bond acceptors (Lipinski definition) is 4. The van der Waals surface area contributed by atoms with E-state index in [1.807, 2.05) is 31.3 Å². The second-order valence-corrected chi connectivity index (χ2v) is 4.21. The molecule has 2 aromatic rings. The lowest BCUT2D eigenvalue weighted by Crippen LogP contribution is -2.06. The molecule has 0 saturated carbocycles. The molecular formula is C16H16N2O2. The smallest absolute Gasteiger partial charge is 0.148 e. The van der Waals surface area contributed by atoms with Gasteiger partial charge in [0.25, 0.3) is 0 Å². The highest BCUT2D eigenvalue weighted by molar-refractivity contribution is 5.50. The third kappa shape index (κ3) is 3.08. The van der Waals surface area contributed by atoms with Crippen molar-refractivity contribution >= 4 is 0 Å². The summed E-state index contributed by atoms with van der Waals surface area (Å²) in [5.74, 6) is 1.88. The Kier molecular flexibility index (Phi) is 4.59. The van der Waals surface area contributed by atoms with Crippen LogP contribution in [0.3, 0.4) is 0 Å². The minimum Gasteiger partial charge on any atom is -0.497 e. The van der Waals surface area contributed by atoms with Crippen LogP contribution in [0.15, 0.2) is 42.5 Å². The molecule has 0 saturated heterocycles. The Labute approximate surface area is 118 Å². The summed E-state index contributed by atoms with van der Waals surface area (Å²) in [4.78, 5) is 0. The van der Waals surface area contributed by atoms with Gasteiger partial charge in [0.15, 0.2) is 0 Å². The van der Waals surface area contributed by atoms with Crippen LogP contribution < -0.4 is 14.8 Å². The van der Waals surface area contributed by atoms with Crippen molar-refractivity contribution in [3.8, 4) is 23.3 Å². The molecule has 102 valence electrons. The van der Waals surface area contributed by atoms with E-state index < -0.39 is 0 Å². The number of benzene rings is 2. The molecule has 0 radical (unpaired) electrons. The Bertz CT molecular complexity index is 633. The molecule has 0 atom stereocenters. The first kappa shape index (κ1) is 13.9. The van der Waals surface area contributed by atoms with E-state index in [-0.39, 0.29) is 0 Å². The fourth-order valence-electron chi connectivity index (χ4n) is 1.86. The first-order valence-corrected chi connectivity index (χ1v) is 6.27. The third-order valence-electron chi connectivity index (χ3n) is 2.87. The normalized spacial score (nSPS) is 9.85. The number of nitriles is 1. The molecule has 2 rings (SSSR count). The van der Waals surface area contributed by atoms with Gasteiger partial charge in [0.1, 0.15) is 23.3 Å². The molecule has 0 aliphatic heterocycles. The van der Waals surface area contributed by atoms with Gasteiger partial charge in [-0.1, -0.05) is 18.2 Å². The van der Waals surface area contributed by atoms with Crippen molar-refractivity contribution in [3.63, 3.8) is 0 Å². The van der Waals surface area contributed by atoms with Crippen LogP contribution in [0.25, 0.3) is 0 Å². The van der Waals surface area contributed by atoms with E-state index in [0.717, 1.165) is 11.3 Å². The lowest BCUT2D eigenvalue weighted by atomic mass is 10.2. The Hall–Kier alpha value is -2.51. The lowest BCUT2D eigenvalue weighted by molar-refractivity contribution is 0.408. The molecule has 4 heteroatoms. The zero-order valence-corrected chi connectivity index (χ0v) is 11.5. The predicted molar refractivity (Wildman–Crippen MR) is 77.0 cm³/mol. The van der Waals surface area contributed by atoms with Crippen LogP contribution in [0.4, 0.5) is 0 Å². The predicted octanol–water partition coefficient (Wildman–Crippen LogP) is 3.08. The summed E-state index contributed by atoms with van der Waals surface area (Å²) >= 11 is 0. The third-order valence-corrected chi connectivity index (χ3v) is 2.87. The summed E-state index contributed by atoms with van der Waals surface area (Å²) < 4.78 is 11.1. The molecule has 0 bridgehead atoms. The highest BCUT2D eigenvalue weighted by atomic mass is 16.5. The van der Waals surface area contributed by atoms with Gasteiger partial charge in [0.05, 0.1) is 12.7 Å². The summed E-state index contributed by atoms with van der Waals surface area (Å²) in [5.41, 5.74) is 1.51. The number of ether oxygens (including phenoxy) is 2. The highest BCUT2D eigenvalue weighted by Crippen LogP contribution is 2.30. The van der Waals surface area contributed by atoms with Crippen LogP contribution in [0.5, 0.6) is 17.2 Å². The van der Waals surface area contributed by atoms with Crippen LogP contribution in [-0.4, -0.2) is 14.2 Å². The second-order valence-electron chi connectivity index (χ2n) is 4.21. The van der Waals surface area contributed by atoms with E-state index in [9.17, 15) is 0 Å². The summed E-state index contributed by atoms with van der Waals surface area (Å²) in [6, 6.07) is 15.0. The van der Waals surface area contributed by atoms with Crippen molar-refractivity contribution in [1.82, 2.24) is 5.32 Å². The van der Waals surface area contributed by atoms with E-state index in [4.69, 9.17) is 14.7 Å². The quantitative estimate of drug-likeness (QED) is 0.905. The lowest BCUT2D eigenvalue weighted by Gasteiger charge is -2.12. The molecule has 2 aromatic carbocycles. The van der Waals surface area contributed by atoms with E-state index in [1.54, 1.807) is 25.3 Å². The molecule has 20 heavy (non-hydrogen) atoms. The van der Waals surface area contributed by atoms with Crippen LogP contribution in [0.1, 0.15) is 11.1 Å². The number of methoxy groups -OCH3 is 1.